The van der Waals surface area contributed by atoms with Crippen LogP contribution < -0.4 is 5.32 Å². The maximum Gasteiger partial charge on any atom is 0.153 e. The molecule has 0 aromatic rings. The number of sulfone groups is 1. The van der Waals surface area contributed by atoms with Crippen LogP contribution in [0, 0.1) is 0 Å². The zero-order valence-electron chi connectivity index (χ0n) is 11.6. The molecular weight excluding hydrogens is 252 g/mol. The smallest absolute Gasteiger partial charge is 0.153 e. The fourth-order valence-corrected chi connectivity index (χ4v) is 2.36. The average molecular weight is 278 g/mol. The fraction of sp³-hybridized carbons (Fsp3) is 1.00. The first-order valence-electron chi connectivity index (χ1n) is 6.53. The summed E-state index contributed by atoms with van der Waals surface area (Å²) in [5, 5.41) is 12.9. The van der Waals surface area contributed by atoms with E-state index in [1.54, 1.807) is 13.8 Å². The normalized spacial score (nSPS) is 20.2. The molecule has 0 aromatic carbocycles. The number of aliphatic hydroxyl groups excluding tert-OH is 1. The molecule has 2 N–H and O–H groups in total. The second-order valence-electron chi connectivity index (χ2n) is 5.82. The first-order chi connectivity index (χ1) is 8.22. The van der Waals surface area contributed by atoms with Gasteiger partial charge in [-0.15, -0.1) is 0 Å². The van der Waals surface area contributed by atoms with E-state index in [1.807, 2.05) is 0 Å². The lowest BCUT2D eigenvalue weighted by molar-refractivity contribution is 0.123. The number of nitrogens with one attached hydrogen (secondary N) is 1. The van der Waals surface area contributed by atoms with Crippen molar-refractivity contribution in [3.63, 3.8) is 0 Å². The third-order valence-corrected chi connectivity index (χ3v) is 5.75. The Morgan fingerprint density at radius 2 is 1.89 bits per heavy atom. The minimum absolute atomic E-state index is 0.364. The summed E-state index contributed by atoms with van der Waals surface area (Å²) in [6, 6.07) is 0. The van der Waals surface area contributed by atoms with E-state index in [4.69, 9.17) is 0 Å². The van der Waals surface area contributed by atoms with Gasteiger partial charge in [-0.05, 0) is 39.8 Å². The van der Waals surface area contributed by atoms with E-state index < -0.39 is 20.7 Å². The van der Waals surface area contributed by atoms with Gasteiger partial charge in [0.15, 0.2) is 9.84 Å². The molecule has 1 aliphatic rings. The first kappa shape index (κ1) is 15.9. The van der Waals surface area contributed by atoms with E-state index >= 15 is 0 Å². The van der Waals surface area contributed by atoms with Crippen molar-refractivity contribution < 1.29 is 13.5 Å². The zero-order chi connectivity index (χ0) is 13.8. The van der Waals surface area contributed by atoms with Crippen molar-refractivity contribution in [2.24, 2.45) is 0 Å². The summed E-state index contributed by atoms with van der Waals surface area (Å²) in [7, 11) is -3.08. The van der Waals surface area contributed by atoms with Crippen LogP contribution >= 0.6 is 0 Å². The minimum Gasteiger partial charge on any atom is -0.390 e. The SMILES string of the molecule is CC(C)(CNCC(O)CN1CCCC1)S(C)(=O)=O. The van der Waals surface area contributed by atoms with E-state index in [9.17, 15) is 13.5 Å². The second-order valence-corrected chi connectivity index (χ2v) is 8.47. The third kappa shape index (κ3) is 4.84. The molecule has 18 heavy (non-hydrogen) atoms. The van der Waals surface area contributed by atoms with Gasteiger partial charge in [-0.2, -0.15) is 0 Å². The van der Waals surface area contributed by atoms with E-state index in [0.29, 0.717) is 19.6 Å². The van der Waals surface area contributed by atoms with Gasteiger partial charge in [0.1, 0.15) is 0 Å². The van der Waals surface area contributed by atoms with Crippen molar-refractivity contribution in [3.05, 3.63) is 0 Å². The molecule has 5 nitrogen and oxygen atoms in total. The topological polar surface area (TPSA) is 69.6 Å². The molecule has 0 aromatic heterocycles. The summed E-state index contributed by atoms with van der Waals surface area (Å²) < 4.78 is 22.2. The molecule has 1 unspecified atom stereocenters. The Balaban J connectivity index is 2.24. The van der Waals surface area contributed by atoms with Gasteiger partial charge >= 0.3 is 0 Å². The molecule has 1 heterocycles. The van der Waals surface area contributed by atoms with Crippen molar-refractivity contribution >= 4 is 9.84 Å². The standard InChI is InChI=1S/C12H26N2O3S/c1-12(2,18(3,16)17)10-13-8-11(15)9-14-6-4-5-7-14/h11,13,15H,4-10H2,1-3H3. The maximum absolute atomic E-state index is 11.5. The quantitative estimate of drug-likeness (QED) is 0.678. The molecule has 0 spiro atoms. The Morgan fingerprint density at radius 3 is 2.39 bits per heavy atom. The van der Waals surface area contributed by atoms with Gasteiger partial charge in [-0.25, -0.2) is 8.42 Å². The number of hydrogen-bond donors (Lipinski definition) is 2. The van der Waals surface area contributed by atoms with Crippen molar-refractivity contribution in [1.29, 1.82) is 0 Å². The van der Waals surface area contributed by atoms with Gasteiger partial charge < -0.3 is 15.3 Å². The van der Waals surface area contributed by atoms with Gasteiger partial charge in [0.05, 0.1) is 10.9 Å². The zero-order valence-corrected chi connectivity index (χ0v) is 12.5. The number of nitrogens with zero attached hydrogens (tertiary/aromatic N) is 1. The highest BCUT2D eigenvalue weighted by Crippen LogP contribution is 2.13. The van der Waals surface area contributed by atoms with Crippen LogP contribution in [-0.2, 0) is 9.84 Å². The van der Waals surface area contributed by atoms with Gasteiger partial charge in [-0.1, -0.05) is 0 Å². The molecule has 1 aliphatic heterocycles. The largest absolute Gasteiger partial charge is 0.390 e. The number of rotatable bonds is 7. The van der Waals surface area contributed by atoms with Crippen molar-refractivity contribution in [1.82, 2.24) is 10.2 Å². The Labute approximate surface area is 110 Å². The molecule has 1 saturated heterocycles. The minimum atomic E-state index is -3.08. The van der Waals surface area contributed by atoms with E-state index in [-0.39, 0.29) is 0 Å². The third-order valence-electron chi connectivity index (χ3n) is 3.60. The molecule has 6 heteroatoms. The molecule has 0 aliphatic carbocycles. The van der Waals surface area contributed by atoms with Crippen LogP contribution in [0.25, 0.3) is 0 Å². The monoisotopic (exact) mass is 278 g/mol. The Bertz CT molecular complexity index is 348. The summed E-state index contributed by atoms with van der Waals surface area (Å²) >= 11 is 0. The summed E-state index contributed by atoms with van der Waals surface area (Å²) in [5.41, 5.74) is 0. The van der Waals surface area contributed by atoms with Crippen LogP contribution in [0.5, 0.6) is 0 Å². The van der Waals surface area contributed by atoms with Crippen molar-refractivity contribution in [2.45, 2.75) is 37.5 Å². The molecule has 0 saturated carbocycles. The molecule has 0 amide bonds. The first-order valence-corrected chi connectivity index (χ1v) is 8.42. The van der Waals surface area contributed by atoms with Gasteiger partial charge in [-0.3, -0.25) is 0 Å². The lowest BCUT2D eigenvalue weighted by atomic mass is 10.2. The van der Waals surface area contributed by atoms with Crippen LogP contribution in [0.4, 0.5) is 0 Å². The molecule has 1 fully saturated rings. The van der Waals surface area contributed by atoms with Gasteiger partial charge in [0.25, 0.3) is 0 Å². The molecule has 1 atom stereocenters. The average Bonchev–Trinajstić information content (AvgIpc) is 2.68. The van der Waals surface area contributed by atoms with E-state index in [1.165, 1.54) is 19.1 Å². The van der Waals surface area contributed by atoms with E-state index in [2.05, 4.69) is 10.2 Å². The second kappa shape index (κ2) is 6.32. The van der Waals surface area contributed by atoms with Crippen LogP contribution in [0.2, 0.25) is 0 Å². The van der Waals surface area contributed by atoms with Gasteiger partial charge in [0, 0.05) is 25.9 Å². The van der Waals surface area contributed by atoms with E-state index in [0.717, 1.165) is 13.1 Å². The number of hydrogen-bond acceptors (Lipinski definition) is 5. The molecule has 108 valence electrons. The Kier molecular flexibility index (Phi) is 5.58. The highest BCUT2D eigenvalue weighted by Gasteiger charge is 2.29. The van der Waals surface area contributed by atoms with Crippen LogP contribution in [0.15, 0.2) is 0 Å². The fourth-order valence-electron chi connectivity index (χ4n) is 2.00. The maximum atomic E-state index is 11.5. The lowest BCUT2D eigenvalue weighted by Crippen LogP contribution is -2.45. The molecule has 0 bridgehead atoms. The molecular formula is C12H26N2O3S. The van der Waals surface area contributed by atoms with Crippen LogP contribution in [0.3, 0.4) is 0 Å². The van der Waals surface area contributed by atoms with Crippen molar-refractivity contribution in [3.8, 4) is 0 Å². The summed E-state index contributed by atoms with van der Waals surface area (Å²) in [4.78, 5) is 2.24. The number of aliphatic hydroxyl groups is 1. The number of β-amino-alcohol motifs (C(OH)–C–C–N with tert-alkyl or cyclic N) is 1. The molecule has 1 rings (SSSR count). The highest BCUT2D eigenvalue weighted by atomic mass is 32.2. The van der Waals surface area contributed by atoms with Crippen molar-refractivity contribution in [2.75, 3.05) is 39.0 Å². The summed E-state index contributed by atoms with van der Waals surface area (Å²) in [5.74, 6) is 0. The molecule has 0 radical (unpaired) electrons. The predicted molar refractivity (Wildman–Crippen MR) is 73.5 cm³/mol. The van der Waals surface area contributed by atoms with Gasteiger partial charge in [0.2, 0.25) is 0 Å². The van der Waals surface area contributed by atoms with Crippen LogP contribution in [0.1, 0.15) is 26.7 Å². The van der Waals surface area contributed by atoms with Crippen LogP contribution in [-0.4, -0.2) is 68.3 Å². The number of likely N-dealkylation sites (tertiary alicyclic amines) is 1. The predicted octanol–water partition coefficient (Wildman–Crippen LogP) is -0.144. The highest BCUT2D eigenvalue weighted by molar-refractivity contribution is 7.92. The Hall–Kier alpha value is -0.170. The lowest BCUT2D eigenvalue weighted by Gasteiger charge is -2.25. The summed E-state index contributed by atoms with van der Waals surface area (Å²) in [6.45, 7) is 6.99. The Morgan fingerprint density at radius 1 is 1.33 bits per heavy atom. The summed E-state index contributed by atoms with van der Waals surface area (Å²) in [6.07, 6.45) is 3.23.